The van der Waals surface area contributed by atoms with Gasteiger partial charge in [0.25, 0.3) is 0 Å². The van der Waals surface area contributed by atoms with Crippen molar-refractivity contribution in [2.45, 2.75) is 0 Å². The van der Waals surface area contributed by atoms with Crippen LogP contribution >= 0.6 is 0 Å². The maximum absolute atomic E-state index is 5.54. The summed E-state index contributed by atoms with van der Waals surface area (Å²) in [5.41, 5.74) is 7.83. The van der Waals surface area contributed by atoms with Crippen LogP contribution in [0.5, 0.6) is 0 Å². The van der Waals surface area contributed by atoms with Crippen molar-refractivity contribution in [2.24, 2.45) is 0 Å². The molecular weight excluding hydrogens is 558 g/mol. The minimum absolute atomic E-state index is 0.938. The highest BCUT2D eigenvalue weighted by atomic mass is 15.1. The van der Waals surface area contributed by atoms with Crippen LogP contribution in [0.25, 0.3) is 87.9 Å². The number of hydrogen-bond acceptors (Lipinski definition) is 1. The van der Waals surface area contributed by atoms with Gasteiger partial charge in [-0.1, -0.05) is 133 Å². The first kappa shape index (κ1) is 25.2. The second-order valence-electron chi connectivity index (χ2n) is 12.0. The minimum atomic E-state index is 0.938. The Bertz CT molecular complexity index is 2760. The topological polar surface area (TPSA) is 22.8 Å². The predicted molar refractivity (Wildman–Crippen MR) is 193 cm³/mol. The standard InChI is InChI=1S/C43H27N3/c1-2-17-31-28(13-1)14-11-24-38(31)43-44-41-36-22-5-3-18-32(36)33-19-4-6-23-37(33)42(41)46(43)30-16-12-15-29(27-30)45-39-25-9-7-20-34(39)35-21-8-10-26-40(35)45/h1-27H. The van der Waals surface area contributed by atoms with E-state index in [9.17, 15) is 0 Å². The van der Waals surface area contributed by atoms with Gasteiger partial charge in [-0.05, 0) is 51.9 Å². The third-order valence-electron chi connectivity index (χ3n) is 9.49. The third kappa shape index (κ3) is 3.51. The number of para-hydroxylation sites is 2. The number of nitrogens with zero attached hydrogens (tertiary/aromatic N) is 3. The van der Waals surface area contributed by atoms with Gasteiger partial charge in [0.05, 0.1) is 22.1 Å². The number of rotatable bonds is 3. The molecule has 0 radical (unpaired) electrons. The molecule has 3 nitrogen and oxygen atoms in total. The summed E-state index contributed by atoms with van der Waals surface area (Å²) in [6.45, 7) is 0. The molecule has 0 aliphatic rings. The maximum Gasteiger partial charge on any atom is 0.146 e. The van der Waals surface area contributed by atoms with E-state index >= 15 is 0 Å². The molecule has 0 bridgehead atoms. The van der Waals surface area contributed by atoms with Crippen molar-refractivity contribution >= 4 is 65.2 Å². The van der Waals surface area contributed by atoms with Crippen LogP contribution in [0.15, 0.2) is 164 Å². The van der Waals surface area contributed by atoms with E-state index in [1.165, 1.54) is 48.7 Å². The molecule has 0 amide bonds. The highest BCUT2D eigenvalue weighted by molar-refractivity contribution is 6.24. The lowest BCUT2D eigenvalue weighted by atomic mass is 10.00. The van der Waals surface area contributed by atoms with Crippen LogP contribution in [0, 0.1) is 0 Å². The summed E-state index contributed by atoms with van der Waals surface area (Å²) in [7, 11) is 0. The fourth-order valence-electron chi connectivity index (χ4n) is 7.53. The Hall–Kier alpha value is -6.19. The van der Waals surface area contributed by atoms with Crippen LogP contribution in [0.2, 0.25) is 0 Å². The predicted octanol–water partition coefficient (Wildman–Crippen LogP) is 11.2. The number of aromatic nitrogens is 3. The van der Waals surface area contributed by atoms with Crippen molar-refractivity contribution in [3.63, 3.8) is 0 Å². The molecule has 0 atom stereocenters. The van der Waals surface area contributed by atoms with Gasteiger partial charge in [-0.25, -0.2) is 4.98 Å². The number of benzene rings is 8. The van der Waals surface area contributed by atoms with E-state index in [4.69, 9.17) is 4.98 Å². The second kappa shape index (κ2) is 9.65. The first-order valence-electron chi connectivity index (χ1n) is 15.7. The molecule has 0 saturated carbocycles. The van der Waals surface area contributed by atoms with Gasteiger partial charge in [-0.3, -0.25) is 4.57 Å². The average Bonchev–Trinajstić information content (AvgIpc) is 3.69. The van der Waals surface area contributed by atoms with Gasteiger partial charge in [0.15, 0.2) is 0 Å². The summed E-state index contributed by atoms with van der Waals surface area (Å²) in [5, 5.41) is 9.71. The zero-order valence-electron chi connectivity index (χ0n) is 24.9. The average molecular weight is 586 g/mol. The van der Waals surface area contributed by atoms with E-state index in [1.807, 2.05) is 0 Å². The molecule has 10 rings (SSSR count). The first-order valence-corrected chi connectivity index (χ1v) is 15.7. The van der Waals surface area contributed by atoms with E-state index in [2.05, 4.69) is 173 Å². The van der Waals surface area contributed by atoms with Crippen molar-refractivity contribution < 1.29 is 0 Å². The molecule has 0 aliphatic heterocycles. The molecule has 10 aromatic rings. The SMILES string of the molecule is c1cc(-n2c(-c3cccc4ccccc34)nc3c4ccccc4c4ccccc4c32)cc(-n2c3ccccc3c3ccccc32)c1. The highest BCUT2D eigenvalue weighted by Crippen LogP contribution is 2.41. The van der Waals surface area contributed by atoms with Crippen LogP contribution in [-0.2, 0) is 0 Å². The Morgan fingerprint density at radius 3 is 1.59 bits per heavy atom. The number of imidazole rings is 1. The van der Waals surface area contributed by atoms with Crippen LogP contribution in [0.4, 0.5) is 0 Å². The number of hydrogen-bond donors (Lipinski definition) is 0. The van der Waals surface area contributed by atoms with Gasteiger partial charge in [-0.2, -0.15) is 0 Å². The van der Waals surface area contributed by atoms with Crippen LogP contribution in [-0.4, -0.2) is 14.1 Å². The molecule has 0 saturated heterocycles. The van der Waals surface area contributed by atoms with Crippen molar-refractivity contribution in [1.82, 2.24) is 14.1 Å². The molecule has 2 aromatic heterocycles. The molecule has 46 heavy (non-hydrogen) atoms. The Morgan fingerprint density at radius 1 is 0.370 bits per heavy atom. The Balaban J connectivity index is 1.36. The smallest absolute Gasteiger partial charge is 0.146 e. The summed E-state index contributed by atoms with van der Waals surface area (Å²) >= 11 is 0. The summed E-state index contributed by atoms with van der Waals surface area (Å²) in [6, 6.07) is 58.9. The summed E-state index contributed by atoms with van der Waals surface area (Å²) in [5.74, 6) is 0.938. The van der Waals surface area contributed by atoms with Crippen molar-refractivity contribution in [1.29, 1.82) is 0 Å². The fraction of sp³-hybridized carbons (Fsp3) is 0. The molecule has 8 aromatic carbocycles. The third-order valence-corrected chi connectivity index (χ3v) is 9.49. The molecule has 0 aliphatic carbocycles. The zero-order chi connectivity index (χ0) is 30.2. The molecular formula is C43H27N3. The van der Waals surface area contributed by atoms with Gasteiger partial charge >= 0.3 is 0 Å². The molecule has 2 heterocycles. The van der Waals surface area contributed by atoms with E-state index < -0.39 is 0 Å². The first-order chi connectivity index (χ1) is 22.8. The van der Waals surface area contributed by atoms with Crippen LogP contribution < -0.4 is 0 Å². The Kier molecular flexibility index (Phi) is 5.28. The molecule has 0 fully saturated rings. The Labute approximate surface area is 265 Å². The van der Waals surface area contributed by atoms with Gasteiger partial charge < -0.3 is 4.57 Å². The van der Waals surface area contributed by atoms with E-state index in [-0.39, 0.29) is 0 Å². The molecule has 3 heteroatoms. The summed E-state index contributed by atoms with van der Waals surface area (Å²) in [6.07, 6.45) is 0. The molecule has 0 N–H and O–H groups in total. The summed E-state index contributed by atoms with van der Waals surface area (Å²) in [4.78, 5) is 5.54. The molecule has 0 spiro atoms. The van der Waals surface area contributed by atoms with Gasteiger partial charge in [0, 0.05) is 38.5 Å². The lowest BCUT2D eigenvalue weighted by Crippen LogP contribution is -2.01. The van der Waals surface area contributed by atoms with Crippen LogP contribution in [0.1, 0.15) is 0 Å². The zero-order valence-corrected chi connectivity index (χ0v) is 24.9. The van der Waals surface area contributed by atoms with Crippen molar-refractivity contribution in [3.8, 4) is 22.8 Å². The lowest BCUT2D eigenvalue weighted by Gasteiger charge is -2.15. The van der Waals surface area contributed by atoms with E-state index in [1.54, 1.807) is 0 Å². The Morgan fingerprint density at radius 2 is 0.870 bits per heavy atom. The monoisotopic (exact) mass is 585 g/mol. The maximum atomic E-state index is 5.54. The minimum Gasteiger partial charge on any atom is -0.309 e. The normalized spacial score (nSPS) is 11.9. The highest BCUT2D eigenvalue weighted by Gasteiger charge is 2.22. The molecule has 214 valence electrons. The quantitative estimate of drug-likeness (QED) is 0.189. The van der Waals surface area contributed by atoms with Crippen molar-refractivity contribution in [3.05, 3.63) is 164 Å². The fourth-order valence-corrected chi connectivity index (χ4v) is 7.53. The lowest BCUT2D eigenvalue weighted by molar-refractivity contribution is 1.09. The summed E-state index contributed by atoms with van der Waals surface area (Å²) < 4.78 is 4.78. The number of fused-ring (bicyclic) bond motifs is 10. The van der Waals surface area contributed by atoms with Crippen LogP contribution in [0.3, 0.4) is 0 Å². The van der Waals surface area contributed by atoms with Crippen molar-refractivity contribution in [2.75, 3.05) is 0 Å². The van der Waals surface area contributed by atoms with Gasteiger partial charge in [-0.15, -0.1) is 0 Å². The second-order valence-corrected chi connectivity index (χ2v) is 12.0. The van der Waals surface area contributed by atoms with Gasteiger partial charge in [0.2, 0.25) is 0 Å². The largest absolute Gasteiger partial charge is 0.309 e. The van der Waals surface area contributed by atoms with E-state index in [0.29, 0.717) is 0 Å². The molecule has 0 unspecified atom stereocenters. The van der Waals surface area contributed by atoms with E-state index in [0.717, 1.165) is 39.2 Å². The van der Waals surface area contributed by atoms with Gasteiger partial charge in [0.1, 0.15) is 5.82 Å².